The van der Waals surface area contributed by atoms with E-state index in [4.69, 9.17) is 20.7 Å². The minimum Gasteiger partial charge on any atom is -0.395 e. The molecule has 17 heavy (non-hydrogen) atoms. The Morgan fingerprint density at radius 2 is 1.76 bits per heavy atom. The van der Waals surface area contributed by atoms with Crippen molar-refractivity contribution in [3.63, 3.8) is 0 Å². The van der Waals surface area contributed by atoms with E-state index < -0.39 is 11.6 Å². The molecule has 0 aromatic rings. The van der Waals surface area contributed by atoms with Crippen molar-refractivity contribution < 1.29 is 20.1 Å². The first-order valence-electron chi connectivity index (χ1n) is 5.88. The van der Waals surface area contributed by atoms with Gasteiger partial charge in [0.05, 0.1) is 32.5 Å². The van der Waals surface area contributed by atoms with Crippen LogP contribution in [0.15, 0.2) is 0 Å². The maximum Gasteiger partial charge on any atom is 0.0900 e. The van der Waals surface area contributed by atoms with Crippen molar-refractivity contribution in [2.45, 2.75) is 25.5 Å². The van der Waals surface area contributed by atoms with E-state index in [-0.39, 0.29) is 19.8 Å². The molecule has 1 unspecified atom stereocenters. The molecule has 0 aromatic heterocycles. The fourth-order valence-electron chi connectivity index (χ4n) is 1.39. The summed E-state index contributed by atoms with van der Waals surface area (Å²) < 4.78 is 5.29. The molecular formula is C11H26N2O4. The summed E-state index contributed by atoms with van der Waals surface area (Å²) in [6.07, 6.45) is -0.643. The summed E-state index contributed by atoms with van der Waals surface area (Å²) in [6.45, 7) is 5.52. The lowest BCUT2D eigenvalue weighted by Crippen LogP contribution is -2.41. The van der Waals surface area contributed by atoms with Gasteiger partial charge in [-0.25, -0.2) is 0 Å². The van der Waals surface area contributed by atoms with Gasteiger partial charge in [0, 0.05) is 25.2 Å². The highest BCUT2D eigenvalue weighted by atomic mass is 16.5. The fourth-order valence-corrected chi connectivity index (χ4v) is 1.39. The highest BCUT2D eigenvalue weighted by Gasteiger charge is 2.14. The molecule has 0 aromatic carbocycles. The molecule has 0 aliphatic heterocycles. The van der Waals surface area contributed by atoms with Crippen molar-refractivity contribution in [2.75, 3.05) is 46.1 Å². The molecule has 5 N–H and O–H groups in total. The van der Waals surface area contributed by atoms with Crippen molar-refractivity contribution in [2.24, 2.45) is 5.73 Å². The molecule has 0 aliphatic rings. The minimum atomic E-state index is -0.643. The number of rotatable bonds is 10. The zero-order valence-electron chi connectivity index (χ0n) is 10.8. The Hall–Kier alpha value is -0.240. The second-order valence-corrected chi connectivity index (χ2v) is 4.91. The van der Waals surface area contributed by atoms with Gasteiger partial charge in [-0.15, -0.1) is 0 Å². The number of ether oxygens (including phenoxy) is 1. The molecule has 6 nitrogen and oxygen atoms in total. The number of aliphatic hydroxyl groups is 3. The number of nitrogens with zero attached hydrogens (tertiary/aromatic N) is 1. The van der Waals surface area contributed by atoms with Crippen molar-refractivity contribution in [1.29, 1.82) is 0 Å². The standard InChI is InChI=1S/C11H26N2O4/c1-11(2,12)9-17-8-10(16)7-13(3-5-14)4-6-15/h10,14-16H,3-9,12H2,1-2H3. The van der Waals surface area contributed by atoms with Crippen molar-refractivity contribution >= 4 is 0 Å². The lowest BCUT2D eigenvalue weighted by molar-refractivity contribution is 0.0000155. The molecule has 0 bridgehead atoms. The van der Waals surface area contributed by atoms with Crippen molar-refractivity contribution in [1.82, 2.24) is 4.90 Å². The number of hydrogen-bond acceptors (Lipinski definition) is 6. The van der Waals surface area contributed by atoms with Gasteiger partial charge in [-0.3, -0.25) is 4.90 Å². The van der Waals surface area contributed by atoms with Gasteiger partial charge in [0.25, 0.3) is 0 Å². The smallest absolute Gasteiger partial charge is 0.0900 e. The maximum absolute atomic E-state index is 9.70. The van der Waals surface area contributed by atoms with Gasteiger partial charge in [-0.05, 0) is 13.8 Å². The van der Waals surface area contributed by atoms with Crippen LogP contribution in [0.3, 0.4) is 0 Å². The van der Waals surface area contributed by atoms with Crippen LogP contribution in [0.4, 0.5) is 0 Å². The lowest BCUT2D eigenvalue weighted by atomic mass is 10.1. The lowest BCUT2D eigenvalue weighted by Gasteiger charge is -2.24. The second-order valence-electron chi connectivity index (χ2n) is 4.91. The van der Waals surface area contributed by atoms with E-state index in [1.54, 1.807) is 4.90 Å². The summed E-state index contributed by atoms with van der Waals surface area (Å²) >= 11 is 0. The third-order valence-corrected chi connectivity index (χ3v) is 2.09. The zero-order valence-corrected chi connectivity index (χ0v) is 10.8. The third kappa shape index (κ3) is 10.6. The summed E-state index contributed by atoms with van der Waals surface area (Å²) in [5.74, 6) is 0. The van der Waals surface area contributed by atoms with Crippen molar-refractivity contribution in [3.05, 3.63) is 0 Å². The monoisotopic (exact) mass is 250 g/mol. The van der Waals surface area contributed by atoms with Crippen molar-refractivity contribution in [3.8, 4) is 0 Å². The predicted molar refractivity (Wildman–Crippen MR) is 65.7 cm³/mol. The molecule has 0 aliphatic carbocycles. The Morgan fingerprint density at radius 1 is 1.24 bits per heavy atom. The van der Waals surface area contributed by atoms with E-state index in [1.807, 2.05) is 13.8 Å². The van der Waals surface area contributed by atoms with Crippen LogP contribution in [0.5, 0.6) is 0 Å². The Balaban J connectivity index is 3.77. The van der Waals surface area contributed by atoms with E-state index >= 15 is 0 Å². The Morgan fingerprint density at radius 3 is 2.18 bits per heavy atom. The predicted octanol–water partition coefficient (Wildman–Crippen LogP) is -1.61. The molecule has 0 rings (SSSR count). The number of aliphatic hydroxyl groups excluding tert-OH is 3. The minimum absolute atomic E-state index is 0.00338. The number of hydrogen-bond donors (Lipinski definition) is 4. The van der Waals surface area contributed by atoms with Gasteiger partial charge in [-0.1, -0.05) is 0 Å². The Kier molecular flexibility index (Phi) is 8.67. The molecule has 1 atom stereocenters. The summed E-state index contributed by atoms with van der Waals surface area (Å²) in [6, 6.07) is 0. The molecular weight excluding hydrogens is 224 g/mol. The quantitative estimate of drug-likeness (QED) is 0.372. The van der Waals surface area contributed by atoms with E-state index in [0.717, 1.165) is 0 Å². The molecule has 0 saturated carbocycles. The van der Waals surface area contributed by atoms with Crippen LogP contribution >= 0.6 is 0 Å². The molecule has 0 amide bonds. The van der Waals surface area contributed by atoms with Crippen LogP contribution in [0.2, 0.25) is 0 Å². The summed E-state index contributed by atoms with van der Waals surface area (Å²) in [4.78, 5) is 1.78. The first-order chi connectivity index (χ1) is 7.89. The SMILES string of the molecule is CC(C)(N)COCC(O)CN(CCO)CCO. The highest BCUT2D eigenvalue weighted by molar-refractivity contribution is 4.71. The van der Waals surface area contributed by atoms with Crippen LogP contribution in [0.25, 0.3) is 0 Å². The largest absolute Gasteiger partial charge is 0.395 e. The van der Waals surface area contributed by atoms with E-state index in [1.165, 1.54) is 0 Å². The molecule has 104 valence electrons. The first-order valence-corrected chi connectivity index (χ1v) is 5.88. The van der Waals surface area contributed by atoms with Crippen LogP contribution in [0, 0.1) is 0 Å². The normalized spacial score (nSPS) is 14.3. The van der Waals surface area contributed by atoms with Gasteiger partial charge >= 0.3 is 0 Å². The fraction of sp³-hybridized carbons (Fsp3) is 1.00. The van der Waals surface area contributed by atoms with E-state index in [0.29, 0.717) is 26.2 Å². The summed E-state index contributed by atoms with van der Waals surface area (Å²) in [5, 5.41) is 27.3. The van der Waals surface area contributed by atoms with Gasteiger partial charge in [0.2, 0.25) is 0 Å². The van der Waals surface area contributed by atoms with E-state index in [9.17, 15) is 5.11 Å². The Bertz CT molecular complexity index is 179. The van der Waals surface area contributed by atoms with Crippen LogP contribution in [0.1, 0.15) is 13.8 Å². The Labute approximate surface area is 103 Å². The summed E-state index contributed by atoms with van der Waals surface area (Å²) in [5.41, 5.74) is 5.33. The molecule has 0 fully saturated rings. The topological polar surface area (TPSA) is 99.2 Å². The average Bonchev–Trinajstić information content (AvgIpc) is 2.16. The van der Waals surface area contributed by atoms with Gasteiger partial charge < -0.3 is 25.8 Å². The van der Waals surface area contributed by atoms with Crippen LogP contribution < -0.4 is 5.73 Å². The van der Waals surface area contributed by atoms with E-state index in [2.05, 4.69) is 0 Å². The third-order valence-electron chi connectivity index (χ3n) is 2.09. The van der Waals surface area contributed by atoms with Gasteiger partial charge in [0.1, 0.15) is 0 Å². The molecule has 0 saturated heterocycles. The molecule has 0 spiro atoms. The average molecular weight is 250 g/mol. The maximum atomic E-state index is 9.70. The summed E-state index contributed by atoms with van der Waals surface area (Å²) in [7, 11) is 0. The highest BCUT2D eigenvalue weighted by Crippen LogP contribution is 1.99. The van der Waals surface area contributed by atoms with Gasteiger partial charge in [-0.2, -0.15) is 0 Å². The first kappa shape index (κ1) is 16.8. The van der Waals surface area contributed by atoms with Crippen LogP contribution in [-0.4, -0.2) is 77.9 Å². The zero-order chi connectivity index (χ0) is 13.3. The molecule has 0 radical (unpaired) electrons. The molecule has 6 heteroatoms. The number of nitrogens with two attached hydrogens (primary N) is 1. The van der Waals surface area contributed by atoms with Gasteiger partial charge in [0.15, 0.2) is 0 Å². The second kappa shape index (κ2) is 8.79. The molecule has 0 heterocycles. The van der Waals surface area contributed by atoms with Crippen LogP contribution in [-0.2, 0) is 4.74 Å².